The highest BCUT2D eigenvalue weighted by molar-refractivity contribution is 7.15. The molecule has 1 heterocycles. The second kappa shape index (κ2) is 2.82. The van der Waals surface area contributed by atoms with Gasteiger partial charge in [0.05, 0.1) is 11.2 Å². The van der Waals surface area contributed by atoms with Crippen molar-refractivity contribution in [3.05, 3.63) is 11.2 Å². The smallest absolute Gasteiger partial charge is 0.108 e. The number of anilines is 1. The highest BCUT2D eigenvalue weighted by atomic mass is 32.1. The van der Waals surface area contributed by atoms with Crippen LogP contribution in [0.1, 0.15) is 11.9 Å². The van der Waals surface area contributed by atoms with Gasteiger partial charge in [-0.05, 0) is 6.42 Å². The van der Waals surface area contributed by atoms with Crippen molar-refractivity contribution >= 4 is 16.3 Å². The predicted molar refractivity (Wildman–Crippen MR) is 41.0 cm³/mol. The average Bonchev–Trinajstić information content (AvgIpc) is 2.34. The molecular formula is C6H10N2S. The van der Waals surface area contributed by atoms with Gasteiger partial charge >= 0.3 is 0 Å². The minimum atomic E-state index is 1.03. The molecule has 0 aliphatic carbocycles. The van der Waals surface area contributed by atoms with Crippen molar-refractivity contribution in [2.24, 2.45) is 0 Å². The van der Waals surface area contributed by atoms with Crippen molar-refractivity contribution in [3.63, 3.8) is 0 Å². The number of thiazole rings is 1. The normalized spacial score (nSPS) is 9.56. The van der Waals surface area contributed by atoms with Gasteiger partial charge in [0.15, 0.2) is 0 Å². The average molecular weight is 142 g/mol. The van der Waals surface area contributed by atoms with Crippen molar-refractivity contribution in [2.45, 2.75) is 13.3 Å². The Labute approximate surface area is 58.9 Å². The lowest BCUT2D eigenvalue weighted by molar-refractivity contribution is 1.09. The molecule has 0 radical (unpaired) electrons. The second-order valence-corrected chi connectivity index (χ2v) is 2.84. The van der Waals surface area contributed by atoms with Gasteiger partial charge < -0.3 is 5.32 Å². The molecule has 1 aromatic heterocycles. The number of nitrogens with one attached hydrogen (secondary N) is 1. The molecule has 50 valence electrons. The lowest BCUT2D eigenvalue weighted by atomic mass is 10.5. The first-order chi connectivity index (χ1) is 4.36. The van der Waals surface area contributed by atoms with Gasteiger partial charge in [-0.15, -0.1) is 11.3 Å². The monoisotopic (exact) mass is 142 g/mol. The van der Waals surface area contributed by atoms with E-state index in [9.17, 15) is 0 Å². The van der Waals surface area contributed by atoms with Crippen molar-refractivity contribution < 1.29 is 0 Å². The van der Waals surface area contributed by atoms with E-state index in [1.54, 1.807) is 11.3 Å². The van der Waals surface area contributed by atoms with E-state index in [1.165, 1.54) is 5.01 Å². The molecule has 0 amide bonds. The van der Waals surface area contributed by atoms with Crippen LogP contribution >= 0.6 is 11.3 Å². The number of hydrogen-bond acceptors (Lipinski definition) is 3. The van der Waals surface area contributed by atoms with E-state index in [1.807, 2.05) is 13.2 Å². The van der Waals surface area contributed by atoms with Crippen LogP contribution < -0.4 is 5.32 Å². The number of nitrogens with zero attached hydrogens (tertiary/aromatic N) is 1. The Morgan fingerprint density at radius 3 is 2.89 bits per heavy atom. The van der Waals surface area contributed by atoms with Gasteiger partial charge in [-0.2, -0.15) is 0 Å². The van der Waals surface area contributed by atoms with E-state index < -0.39 is 0 Å². The maximum atomic E-state index is 4.16. The molecule has 0 spiro atoms. The van der Waals surface area contributed by atoms with E-state index >= 15 is 0 Å². The number of aromatic nitrogens is 1. The van der Waals surface area contributed by atoms with Crippen LogP contribution in [0.2, 0.25) is 0 Å². The van der Waals surface area contributed by atoms with Crippen molar-refractivity contribution in [3.8, 4) is 0 Å². The van der Waals surface area contributed by atoms with Gasteiger partial charge in [-0.25, -0.2) is 4.98 Å². The summed E-state index contributed by atoms with van der Waals surface area (Å²) < 4.78 is 0. The van der Waals surface area contributed by atoms with Crippen LogP contribution in [0.5, 0.6) is 0 Å². The first kappa shape index (κ1) is 6.55. The zero-order valence-electron chi connectivity index (χ0n) is 5.64. The lowest BCUT2D eigenvalue weighted by Gasteiger charge is -1.86. The van der Waals surface area contributed by atoms with Gasteiger partial charge in [0.2, 0.25) is 0 Å². The highest BCUT2D eigenvalue weighted by Gasteiger charge is 1.94. The van der Waals surface area contributed by atoms with Gasteiger partial charge in [-0.3, -0.25) is 0 Å². The SMILES string of the molecule is CCc1ncc(NC)s1. The maximum Gasteiger partial charge on any atom is 0.108 e. The first-order valence-corrected chi connectivity index (χ1v) is 3.81. The molecule has 0 bridgehead atoms. The lowest BCUT2D eigenvalue weighted by Crippen LogP contribution is -1.80. The van der Waals surface area contributed by atoms with Gasteiger partial charge in [0, 0.05) is 7.05 Å². The fourth-order valence-corrected chi connectivity index (χ4v) is 1.30. The standard InChI is InChI=1S/C6H10N2S/c1-3-5-8-4-6(7-2)9-5/h4,7H,3H2,1-2H3. The van der Waals surface area contributed by atoms with E-state index in [4.69, 9.17) is 0 Å². The summed E-state index contributed by atoms with van der Waals surface area (Å²) in [5.74, 6) is 0. The maximum absolute atomic E-state index is 4.16. The fourth-order valence-electron chi connectivity index (χ4n) is 0.589. The number of hydrogen-bond donors (Lipinski definition) is 1. The Hall–Kier alpha value is -0.570. The molecule has 9 heavy (non-hydrogen) atoms. The predicted octanol–water partition coefficient (Wildman–Crippen LogP) is 1.75. The van der Waals surface area contributed by atoms with E-state index in [0.29, 0.717) is 0 Å². The summed E-state index contributed by atoms with van der Waals surface area (Å²) in [6.45, 7) is 2.11. The molecule has 0 saturated carbocycles. The van der Waals surface area contributed by atoms with Crippen LogP contribution in [0.15, 0.2) is 6.20 Å². The molecule has 1 aromatic rings. The quantitative estimate of drug-likeness (QED) is 0.680. The van der Waals surface area contributed by atoms with Gasteiger partial charge in [0.1, 0.15) is 5.00 Å². The Kier molecular flexibility index (Phi) is 2.05. The number of rotatable bonds is 2. The Bertz CT molecular complexity index is 164. The van der Waals surface area contributed by atoms with Crippen LogP contribution in [-0.2, 0) is 6.42 Å². The highest BCUT2D eigenvalue weighted by Crippen LogP contribution is 2.17. The molecule has 0 aliphatic rings. The van der Waals surface area contributed by atoms with Crippen LogP contribution in [0, 0.1) is 0 Å². The largest absolute Gasteiger partial charge is 0.379 e. The van der Waals surface area contributed by atoms with E-state index in [2.05, 4.69) is 17.2 Å². The Balaban J connectivity index is 2.74. The topological polar surface area (TPSA) is 24.9 Å². The summed E-state index contributed by atoms with van der Waals surface area (Å²) in [5, 5.41) is 5.38. The third-order valence-electron chi connectivity index (χ3n) is 1.10. The minimum absolute atomic E-state index is 1.03. The van der Waals surface area contributed by atoms with Crippen molar-refractivity contribution in [1.29, 1.82) is 0 Å². The van der Waals surface area contributed by atoms with E-state index in [0.717, 1.165) is 11.4 Å². The molecule has 2 nitrogen and oxygen atoms in total. The molecule has 0 unspecified atom stereocenters. The summed E-state index contributed by atoms with van der Waals surface area (Å²) in [5.41, 5.74) is 0. The molecule has 1 N–H and O–H groups in total. The number of aryl methyl sites for hydroxylation is 1. The van der Waals surface area contributed by atoms with Crippen LogP contribution in [0.3, 0.4) is 0 Å². The molecule has 0 saturated heterocycles. The van der Waals surface area contributed by atoms with E-state index in [-0.39, 0.29) is 0 Å². The molecule has 1 rings (SSSR count). The molecular weight excluding hydrogens is 132 g/mol. The summed E-state index contributed by atoms with van der Waals surface area (Å²) in [4.78, 5) is 4.16. The summed E-state index contributed by atoms with van der Waals surface area (Å²) in [7, 11) is 1.91. The second-order valence-electron chi connectivity index (χ2n) is 1.72. The summed E-state index contributed by atoms with van der Waals surface area (Å²) in [6, 6.07) is 0. The minimum Gasteiger partial charge on any atom is -0.379 e. The molecule has 0 atom stereocenters. The fraction of sp³-hybridized carbons (Fsp3) is 0.500. The van der Waals surface area contributed by atoms with Crippen molar-refractivity contribution in [2.75, 3.05) is 12.4 Å². The molecule has 0 aliphatic heterocycles. The summed E-state index contributed by atoms with van der Waals surface area (Å²) >= 11 is 1.71. The van der Waals surface area contributed by atoms with Crippen LogP contribution in [-0.4, -0.2) is 12.0 Å². The zero-order chi connectivity index (χ0) is 6.69. The van der Waals surface area contributed by atoms with Gasteiger partial charge in [0.25, 0.3) is 0 Å². The molecule has 0 aromatic carbocycles. The van der Waals surface area contributed by atoms with Crippen molar-refractivity contribution in [1.82, 2.24) is 4.98 Å². The Morgan fingerprint density at radius 2 is 2.56 bits per heavy atom. The summed E-state index contributed by atoms with van der Waals surface area (Å²) in [6.07, 6.45) is 2.90. The third kappa shape index (κ3) is 1.42. The van der Waals surface area contributed by atoms with Gasteiger partial charge in [-0.1, -0.05) is 6.92 Å². The molecule has 0 fully saturated rings. The first-order valence-electron chi connectivity index (χ1n) is 2.99. The molecule has 3 heteroatoms. The third-order valence-corrected chi connectivity index (χ3v) is 2.26. The van der Waals surface area contributed by atoms with Crippen LogP contribution in [0.25, 0.3) is 0 Å². The zero-order valence-corrected chi connectivity index (χ0v) is 6.46. The van der Waals surface area contributed by atoms with Crippen LogP contribution in [0.4, 0.5) is 5.00 Å². The Morgan fingerprint density at radius 1 is 1.78 bits per heavy atom.